The second-order valence-electron chi connectivity index (χ2n) is 2.71. The van der Waals surface area contributed by atoms with E-state index in [4.69, 9.17) is 0 Å². The predicted octanol–water partition coefficient (Wildman–Crippen LogP) is 0.305. The van der Waals surface area contributed by atoms with Crippen LogP contribution in [0.5, 0.6) is 0 Å². The van der Waals surface area contributed by atoms with E-state index in [2.05, 4.69) is 0 Å². The summed E-state index contributed by atoms with van der Waals surface area (Å²) < 4.78 is 0. The van der Waals surface area contributed by atoms with Gasteiger partial charge in [-0.25, -0.2) is 0 Å². The van der Waals surface area contributed by atoms with Gasteiger partial charge in [-0.2, -0.15) is 0 Å². The maximum absolute atomic E-state index is 10.6. The third-order valence-electron chi connectivity index (χ3n) is 1.35. The Balaban J connectivity index is 4.13. The molecular formula is C7H12O3. The lowest BCUT2D eigenvalue weighted by molar-refractivity contribution is -0.138. The molecule has 3 heteroatoms. The van der Waals surface area contributed by atoms with Crippen LogP contribution in [0.25, 0.3) is 0 Å². The van der Waals surface area contributed by atoms with Crippen molar-refractivity contribution >= 4 is 11.6 Å². The molecule has 1 unspecified atom stereocenters. The van der Waals surface area contributed by atoms with Crippen LogP contribution < -0.4 is 0 Å². The first-order valence-electron chi connectivity index (χ1n) is 3.09. The van der Waals surface area contributed by atoms with E-state index in [0.29, 0.717) is 0 Å². The van der Waals surface area contributed by atoms with Crippen molar-refractivity contribution in [3.05, 3.63) is 0 Å². The van der Waals surface area contributed by atoms with Crippen LogP contribution in [0, 0.1) is 0 Å². The molecule has 0 radical (unpaired) electrons. The molecule has 0 aliphatic carbocycles. The molecule has 0 heterocycles. The number of hydrogen-bond acceptors (Lipinski definition) is 3. The molecule has 1 atom stereocenters. The maximum atomic E-state index is 10.6. The van der Waals surface area contributed by atoms with Gasteiger partial charge in [0.25, 0.3) is 0 Å². The van der Waals surface area contributed by atoms with Gasteiger partial charge in [-0.3, -0.25) is 9.59 Å². The van der Waals surface area contributed by atoms with E-state index < -0.39 is 5.60 Å². The van der Waals surface area contributed by atoms with Crippen LogP contribution in [-0.4, -0.2) is 22.3 Å². The topological polar surface area (TPSA) is 54.4 Å². The minimum Gasteiger partial charge on any atom is -0.382 e. The molecule has 0 aliphatic heterocycles. The highest BCUT2D eigenvalue weighted by Crippen LogP contribution is 2.10. The highest BCUT2D eigenvalue weighted by atomic mass is 16.3. The lowest BCUT2D eigenvalue weighted by atomic mass is 9.96. The fourth-order valence-corrected chi connectivity index (χ4v) is 0.609. The fraction of sp³-hybridized carbons (Fsp3) is 0.714. The fourth-order valence-electron chi connectivity index (χ4n) is 0.609. The monoisotopic (exact) mass is 144 g/mol. The van der Waals surface area contributed by atoms with Gasteiger partial charge in [0.15, 0.2) is 5.78 Å². The van der Waals surface area contributed by atoms with Crippen LogP contribution in [0.1, 0.15) is 27.2 Å². The normalized spacial score (nSPS) is 16.0. The number of aliphatic hydroxyl groups is 1. The number of carbonyl (C=O) groups excluding carboxylic acids is 2. The van der Waals surface area contributed by atoms with Crippen molar-refractivity contribution in [2.24, 2.45) is 0 Å². The Bertz CT molecular complexity index is 158. The van der Waals surface area contributed by atoms with Gasteiger partial charge < -0.3 is 5.11 Å². The number of hydrogen-bond donors (Lipinski definition) is 1. The zero-order valence-corrected chi connectivity index (χ0v) is 6.47. The largest absolute Gasteiger partial charge is 0.382 e. The molecule has 10 heavy (non-hydrogen) atoms. The van der Waals surface area contributed by atoms with Gasteiger partial charge in [0.1, 0.15) is 11.4 Å². The zero-order chi connectivity index (χ0) is 8.36. The van der Waals surface area contributed by atoms with Crippen LogP contribution in [0.2, 0.25) is 0 Å². The Hall–Kier alpha value is -0.700. The summed E-state index contributed by atoms with van der Waals surface area (Å²) in [7, 11) is 0. The highest BCUT2D eigenvalue weighted by molar-refractivity contribution is 5.90. The number of ketones is 2. The standard InChI is InChI=1S/C7H12O3/c1-5(8)4-7(3,10)6(2)9/h10H,4H2,1-3H3. The first kappa shape index (κ1) is 9.30. The van der Waals surface area contributed by atoms with Gasteiger partial charge in [0.05, 0.1) is 0 Å². The summed E-state index contributed by atoms with van der Waals surface area (Å²) in [6.07, 6.45) is -0.0949. The lowest BCUT2D eigenvalue weighted by Gasteiger charge is -2.16. The van der Waals surface area contributed by atoms with Crippen LogP contribution in [0.3, 0.4) is 0 Å². The second kappa shape index (κ2) is 2.92. The quantitative estimate of drug-likeness (QED) is 0.620. The van der Waals surface area contributed by atoms with Crippen LogP contribution >= 0.6 is 0 Å². The van der Waals surface area contributed by atoms with E-state index in [-0.39, 0.29) is 18.0 Å². The molecule has 0 aromatic carbocycles. The molecule has 1 N–H and O–H groups in total. The van der Waals surface area contributed by atoms with Crippen molar-refractivity contribution in [2.45, 2.75) is 32.8 Å². The summed E-state index contributed by atoms with van der Waals surface area (Å²) in [5.74, 6) is -0.553. The summed E-state index contributed by atoms with van der Waals surface area (Å²) in [6.45, 7) is 3.96. The summed E-state index contributed by atoms with van der Waals surface area (Å²) in [5.41, 5.74) is -1.47. The highest BCUT2D eigenvalue weighted by Gasteiger charge is 2.27. The minimum atomic E-state index is -1.47. The first-order chi connectivity index (χ1) is 4.36. The minimum absolute atomic E-state index is 0.0949. The number of rotatable bonds is 3. The molecule has 0 aromatic rings. The van der Waals surface area contributed by atoms with E-state index in [0.717, 1.165) is 0 Å². The number of Topliss-reactive ketones (excluding diaryl/α,β-unsaturated/α-hetero) is 2. The average molecular weight is 144 g/mol. The van der Waals surface area contributed by atoms with Gasteiger partial charge in [-0.1, -0.05) is 0 Å². The molecule has 3 nitrogen and oxygen atoms in total. The van der Waals surface area contributed by atoms with Crippen molar-refractivity contribution in [3.63, 3.8) is 0 Å². The average Bonchev–Trinajstić information content (AvgIpc) is 1.60. The third-order valence-corrected chi connectivity index (χ3v) is 1.35. The summed E-state index contributed by atoms with van der Waals surface area (Å²) >= 11 is 0. The van der Waals surface area contributed by atoms with Crippen LogP contribution in [0.15, 0.2) is 0 Å². The molecule has 0 saturated carbocycles. The van der Waals surface area contributed by atoms with E-state index >= 15 is 0 Å². The maximum Gasteiger partial charge on any atom is 0.161 e. The molecule has 58 valence electrons. The van der Waals surface area contributed by atoms with Gasteiger partial charge in [-0.15, -0.1) is 0 Å². The molecule has 0 bridgehead atoms. The Morgan fingerprint density at radius 1 is 1.40 bits per heavy atom. The summed E-state index contributed by atoms with van der Waals surface area (Å²) in [5, 5.41) is 9.19. The molecule has 0 amide bonds. The SMILES string of the molecule is CC(=O)CC(C)(O)C(C)=O. The van der Waals surface area contributed by atoms with E-state index in [1.54, 1.807) is 0 Å². The molecule has 0 aliphatic rings. The Kier molecular flexibility index (Phi) is 2.72. The summed E-state index contributed by atoms with van der Waals surface area (Å²) in [4.78, 5) is 21.1. The molecule has 0 saturated heterocycles. The zero-order valence-electron chi connectivity index (χ0n) is 6.47. The smallest absolute Gasteiger partial charge is 0.161 e. The first-order valence-corrected chi connectivity index (χ1v) is 3.09. The molecule has 0 rings (SSSR count). The van der Waals surface area contributed by atoms with Gasteiger partial charge in [0, 0.05) is 6.42 Å². The van der Waals surface area contributed by atoms with Crippen molar-refractivity contribution in [2.75, 3.05) is 0 Å². The Morgan fingerprint density at radius 2 is 1.80 bits per heavy atom. The number of carbonyl (C=O) groups is 2. The Morgan fingerprint density at radius 3 is 1.90 bits per heavy atom. The van der Waals surface area contributed by atoms with Crippen LogP contribution in [-0.2, 0) is 9.59 Å². The van der Waals surface area contributed by atoms with E-state index in [1.807, 2.05) is 0 Å². The predicted molar refractivity (Wildman–Crippen MR) is 36.6 cm³/mol. The summed E-state index contributed by atoms with van der Waals surface area (Å²) in [6, 6.07) is 0. The van der Waals surface area contributed by atoms with Crippen molar-refractivity contribution < 1.29 is 14.7 Å². The van der Waals surface area contributed by atoms with E-state index in [1.165, 1.54) is 20.8 Å². The second-order valence-corrected chi connectivity index (χ2v) is 2.71. The van der Waals surface area contributed by atoms with Crippen molar-refractivity contribution in [1.82, 2.24) is 0 Å². The molecular weight excluding hydrogens is 132 g/mol. The van der Waals surface area contributed by atoms with Gasteiger partial charge >= 0.3 is 0 Å². The van der Waals surface area contributed by atoms with Crippen molar-refractivity contribution in [1.29, 1.82) is 0 Å². The van der Waals surface area contributed by atoms with Crippen molar-refractivity contribution in [3.8, 4) is 0 Å². The molecule has 0 aromatic heterocycles. The van der Waals surface area contributed by atoms with Gasteiger partial charge in [0.2, 0.25) is 0 Å². The molecule has 0 fully saturated rings. The van der Waals surface area contributed by atoms with Crippen LogP contribution in [0.4, 0.5) is 0 Å². The molecule has 0 spiro atoms. The third kappa shape index (κ3) is 2.73. The van der Waals surface area contributed by atoms with Gasteiger partial charge in [-0.05, 0) is 20.8 Å². The lowest BCUT2D eigenvalue weighted by Crippen LogP contribution is -2.34. The van der Waals surface area contributed by atoms with E-state index in [9.17, 15) is 14.7 Å². The Labute approximate surface area is 60.0 Å².